The van der Waals surface area contributed by atoms with Gasteiger partial charge in [0.2, 0.25) is 5.91 Å². The van der Waals surface area contributed by atoms with Gasteiger partial charge < -0.3 is 10.2 Å². The van der Waals surface area contributed by atoms with E-state index >= 15 is 0 Å². The number of carbonyl (C=O) groups is 1. The van der Waals surface area contributed by atoms with Gasteiger partial charge in [0.25, 0.3) is 0 Å². The Hall–Kier alpha value is -0.570. The molecule has 0 bridgehead atoms. The summed E-state index contributed by atoms with van der Waals surface area (Å²) in [6.07, 6.45) is 7.25. The Morgan fingerprint density at radius 2 is 1.90 bits per heavy atom. The smallest absolute Gasteiger partial charge is 0.226 e. The zero-order chi connectivity index (χ0) is 14.6. The molecule has 0 aromatic rings. The fourth-order valence-electron chi connectivity index (χ4n) is 3.92. The quantitative estimate of drug-likeness (QED) is 0.858. The van der Waals surface area contributed by atoms with Crippen molar-refractivity contribution in [2.24, 2.45) is 17.3 Å². The van der Waals surface area contributed by atoms with E-state index in [2.05, 4.69) is 31.0 Å². The summed E-state index contributed by atoms with van der Waals surface area (Å²) in [5.74, 6) is 1.38. The van der Waals surface area contributed by atoms with E-state index in [1.807, 2.05) is 0 Å². The lowest BCUT2D eigenvalue weighted by Gasteiger charge is -2.41. The summed E-state index contributed by atoms with van der Waals surface area (Å²) in [7, 11) is 0. The third-order valence-electron chi connectivity index (χ3n) is 5.44. The van der Waals surface area contributed by atoms with Gasteiger partial charge in [0.1, 0.15) is 0 Å². The van der Waals surface area contributed by atoms with Gasteiger partial charge in [-0.05, 0) is 57.0 Å². The van der Waals surface area contributed by atoms with E-state index in [9.17, 15) is 4.79 Å². The first-order valence-electron chi connectivity index (χ1n) is 8.54. The molecule has 20 heavy (non-hydrogen) atoms. The predicted molar refractivity (Wildman–Crippen MR) is 83.6 cm³/mol. The molecule has 116 valence electrons. The number of piperidine rings is 1. The molecule has 1 amide bonds. The van der Waals surface area contributed by atoms with Crippen molar-refractivity contribution in [2.45, 2.75) is 59.3 Å². The van der Waals surface area contributed by atoms with Crippen LogP contribution in [0.3, 0.4) is 0 Å². The van der Waals surface area contributed by atoms with Gasteiger partial charge in [-0.15, -0.1) is 0 Å². The first-order valence-corrected chi connectivity index (χ1v) is 8.54. The molecule has 0 spiro atoms. The lowest BCUT2D eigenvalue weighted by molar-refractivity contribution is -0.141. The topological polar surface area (TPSA) is 32.3 Å². The maximum Gasteiger partial charge on any atom is 0.226 e. The summed E-state index contributed by atoms with van der Waals surface area (Å²) >= 11 is 0. The van der Waals surface area contributed by atoms with Crippen LogP contribution in [-0.4, -0.2) is 37.0 Å². The third kappa shape index (κ3) is 3.75. The lowest BCUT2D eigenvalue weighted by atomic mass is 9.68. The van der Waals surface area contributed by atoms with Crippen LogP contribution in [0.2, 0.25) is 0 Å². The fourth-order valence-corrected chi connectivity index (χ4v) is 3.92. The zero-order valence-corrected chi connectivity index (χ0v) is 13.6. The molecule has 2 rings (SSSR count). The van der Waals surface area contributed by atoms with Crippen molar-refractivity contribution >= 4 is 5.91 Å². The predicted octanol–water partition coefficient (Wildman–Crippen LogP) is 3.05. The van der Waals surface area contributed by atoms with E-state index < -0.39 is 0 Å². The first kappa shape index (κ1) is 15.8. The highest BCUT2D eigenvalue weighted by Gasteiger charge is 2.39. The Morgan fingerprint density at radius 1 is 1.20 bits per heavy atom. The Morgan fingerprint density at radius 3 is 2.50 bits per heavy atom. The molecule has 1 aliphatic carbocycles. The van der Waals surface area contributed by atoms with Crippen LogP contribution in [0.4, 0.5) is 0 Å². The summed E-state index contributed by atoms with van der Waals surface area (Å²) in [5.41, 5.74) is 0.191. The maximum absolute atomic E-state index is 12.9. The van der Waals surface area contributed by atoms with Crippen LogP contribution in [0.15, 0.2) is 0 Å². The van der Waals surface area contributed by atoms with E-state index in [0.29, 0.717) is 11.8 Å². The third-order valence-corrected chi connectivity index (χ3v) is 5.44. The maximum atomic E-state index is 12.9. The van der Waals surface area contributed by atoms with Gasteiger partial charge in [-0.2, -0.15) is 0 Å². The second-order valence-electron chi connectivity index (χ2n) is 7.36. The second-order valence-corrected chi connectivity index (χ2v) is 7.36. The Kier molecular flexibility index (Phi) is 5.48. The monoisotopic (exact) mass is 280 g/mol. The molecule has 1 saturated heterocycles. The Balaban J connectivity index is 1.96. The molecule has 3 heteroatoms. The number of hydrogen-bond donors (Lipinski definition) is 1. The molecule has 3 nitrogen and oxygen atoms in total. The van der Waals surface area contributed by atoms with Crippen LogP contribution >= 0.6 is 0 Å². The van der Waals surface area contributed by atoms with Gasteiger partial charge in [-0.3, -0.25) is 4.79 Å². The van der Waals surface area contributed by atoms with Gasteiger partial charge >= 0.3 is 0 Å². The van der Waals surface area contributed by atoms with Crippen LogP contribution in [0, 0.1) is 17.3 Å². The van der Waals surface area contributed by atoms with Gasteiger partial charge in [0.15, 0.2) is 0 Å². The molecule has 1 atom stereocenters. The van der Waals surface area contributed by atoms with Gasteiger partial charge in [-0.1, -0.05) is 26.7 Å². The molecule has 2 fully saturated rings. The number of hydrogen-bond acceptors (Lipinski definition) is 2. The van der Waals surface area contributed by atoms with Crippen molar-refractivity contribution in [3.63, 3.8) is 0 Å². The summed E-state index contributed by atoms with van der Waals surface area (Å²) in [5, 5.41) is 3.41. The normalized spacial score (nSPS) is 27.2. The molecule has 1 N–H and O–H groups in total. The lowest BCUT2D eigenvalue weighted by Crippen LogP contribution is -2.46. The van der Waals surface area contributed by atoms with Crippen molar-refractivity contribution in [3.05, 3.63) is 0 Å². The molecule has 1 heterocycles. The molecule has 1 aliphatic heterocycles. The summed E-state index contributed by atoms with van der Waals surface area (Å²) < 4.78 is 0. The molecule has 0 radical (unpaired) electrons. The van der Waals surface area contributed by atoms with Crippen molar-refractivity contribution < 1.29 is 4.79 Å². The Labute approximate surface area is 124 Å². The standard InChI is InChI=1S/C17H32N2O/c1-4-19(13-14-8-11-18-12-9-14)16(20)15-7-5-6-10-17(15,2)3/h14-15,18H,4-13H2,1-3H3. The minimum absolute atomic E-state index is 0.191. The molecule has 1 saturated carbocycles. The minimum atomic E-state index is 0.191. The first-order chi connectivity index (χ1) is 9.54. The van der Waals surface area contributed by atoms with E-state index in [1.54, 1.807) is 0 Å². The average molecular weight is 280 g/mol. The number of carbonyl (C=O) groups excluding carboxylic acids is 1. The van der Waals surface area contributed by atoms with Crippen LogP contribution in [0.1, 0.15) is 59.3 Å². The minimum Gasteiger partial charge on any atom is -0.342 e. The molecule has 2 aliphatic rings. The summed E-state index contributed by atoms with van der Waals surface area (Å²) in [6, 6.07) is 0. The van der Waals surface area contributed by atoms with Crippen LogP contribution < -0.4 is 5.32 Å². The van der Waals surface area contributed by atoms with Crippen molar-refractivity contribution in [1.82, 2.24) is 10.2 Å². The summed E-state index contributed by atoms with van der Waals surface area (Å²) in [6.45, 7) is 10.8. The van der Waals surface area contributed by atoms with Gasteiger partial charge in [0, 0.05) is 19.0 Å². The second kappa shape index (κ2) is 6.93. The highest BCUT2D eigenvalue weighted by atomic mass is 16.2. The number of nitrogens with one attached hydrogen (secondary N) is 1. The number of rotatable bonds is 4. The molecule has 1 unspecified atom stereocenters. The number of amides is 1. The largest absolute Gasteiger partial charge is 0.342 e. The SMILES string of the molecule is CCN(CC1CCNCC1)C(=O)C1CCCCC1(C)C. The van der Waals surface area contributed by atoms with Crippen LogP contribution in [0.5, 0.6) is 0 Å². The van der Waals surface area contributed by atoms with E-state index in [4.69, 9.17) is 0 Å². The highest BCUT2D eigenvalue weighted by Crippen LogP contribution is 2.41. The molecule has 0 aromatic carbocycles. The Bertz CT molecular complexity index is 321. The van der Waals surface area contributed by atoms with Crippen molar-refractivity contribution in [2.75, 3.05) is 26.2 Å². The summed E-state index contributed by atoms with van der Waals surface area (Å²) in [4.78, 5) is 15.1. The number of nitrogens with zero attached hydrogens (tertiary/aromatic N) is 1. The molecular weight excluding hydrogens is 248 g/mol. The molecular formula is C17H32N2O. The molecule has 0 aromatic heterocycles. The zero-order valence-electron chi connectivity index (χ0n) is 13.6. The highest BCUT2D eigenvalue weighted by molar-refractivity contribution is 5.79. The van der Waals surface area contributed by atoms with Crippen molar-refractivity contribution in [1.29, 1.82) is 0 Å². The van der Waals surface area contributed by atoms with Gasteiger partial charge in [0.05, 0.1) is 0 Å². The van der Waals surface area contributed by atoms with Crippen LogP contribution in [-0.2, 0) is 4.79 Å². The van der Waals surface area contributed by atoms with E-state index in [0.717, 1.165) is 32.6 Å². The van der Waals surface area contributed by atoms with Gasteiger partial charge in [-0.25, -0.2) is 0 Å². The van der Waals surface area contributed by atoms with E-state index in [1.165, 1.54) is 32.1 Å². The van der Waals surface area contributed by atoms with Crippen LogP contribution in [0.25, 0.3) is 0 Å². The van der Waals surface area contributed by atoms with E-state index in [-0.39, 0.29) is 11.3 Å². The average Bonchev–Trinajstić information content (AvgIpc) is 2.45. The fraction of sp³-hybridized carbons (Fsp3) is 0.941. The van der Waals surface area contributed by atoms with Crippen molar-refractivity contribution in [3.8, 4) is 0 Å².